The van der Waals surface area contributed by atoms with Gasteiger partial charge in [-0.15, -0.1) is 0 Å². The summed E-state index contributed by atoms with van der Waals surface area (Å²) < 4.78 is 0. The van der Waals surface area contributed by atoms with E-state index in [0.29, 0.717) is 6.04 Å². The van der Waals surface area contributed by atoms with E-state index in [1.807, 2.05) is 24.3 Å². The molecule has 3 heteroatoms. The number of likely N-dealkylation sites (N-methyl/N-ethyl adjacent to an activating group) is 1. The highest BCUT2D eigenvalue weighted by Crippen LogP contribution is 2.11. The van der Waals surface area contributed by atoms with Crippen molar-refractivity contribution in [2.45, 2.75) is 19.0 Å². The summed E-state index contributed by atoms with van der Waals surface area (Å²) in [5.41, 5.74) is 2.00. The van der Waals surface area contributed by atoms with Crippen LogP contribution in [-0.4, -0.2) is 31.1 Å². The van der Waals surface area contributed by atoms with Crippen LogP contribution in [0.2, 0.25) is 0 Å². The fraction of sp³-hybridized carbons (Fsp3) is 0.462. The highest BCUT2D eigenvalue weighted by molar-refractivity contribution is 5.31. The number of hydrogen-bond donors (Lipinski definition) is 1. The Labute approximate surface area is 96.7 Å². The summed E-state index contributed by atoms with van der Waals surface area (Å²) in [6.45, 7) is 3.17. The highest BCUT2D eigenvalue weighted by Gasteiger charge is 2.18. The van der Waals surface area contributed by atoms with Gasteiger partial charge in [0, 0.05) is 19.1 Å². The van der Waals surface area contributed by atoms with Crippen LogP contribution in [0.15, 0.2) is 24.3 Å². The second-order valence-electron chi connectivity index (χ2n) is 4.37. The second kappa shape index (κ2) is 5.11. The Balaban J connectivity index is 1.95. The van der Waals surface area contributed by atoms with Gasteiger partial charge in [0.15, 0.2) is 0 Å². The van der Waals surface area contributed by atoms with Crippen LogP contribution >= 0.6 is 0 Å². The molecule has 1 N–H and O–H groups in total. The molecule has 1 fully saturated rings. The van der Waals surface area contributed by atoms with E-state index in [1.54, 1.807) is 0 Å². The fourth-order valence-corrected chi connectivity index (χ4v) is 2.12. The van der Waals surface area contributed by atoms with Gasteiger partial charge in [-0.1, -0.05) is 12.1 Å². The van der Waals surface area contributed by atoms with Crippen molar-refractivity contribution >= 4 is 0 Å². The summed E-state index contributed by atoms with van der Waals surface area (Å²) in [5.74, 6) is 0. The molecule has 0 aliphatic carbocycles. The van der Waals surface area contributed by atoms with Crippen molar-refractivity contribution in [2.24, 2.45) is 0 Å². The average Bonchev–Trinajstić information content (AvgIpc) is 2.83. The van der Waals surface area contributed by atoms with Crippen LogP contribution in [-0.2, 0) is 6.54 Å². The van der Waals surface area contributed by atoms with Crippen molar-refractivity contribution in [2.75, 3.05) is 20.1 Å². The number of hydrogen-bond acceptors (Lipinski definition) is 3. The van der Waals surface area contributed by atoms with Gasteiger partial charge in [-0.3, -0.25) is 4.90 Å². The van der Waals surface area contributed by atoms with Gasteiger partial charge < -0.3 is 5.32 Å². The maximum Gasteiger partial charge on any atom is 0.0991 e. The first-order valence-corrected chi connectivity index (χ1v) is 5.69. The van der Waals surface area contributed by atoms with Gasteiger partial charge in [-0.25, -0.2) is 0 Å². The van der Waals surface area contributed by atoms with Crippen molar-refractivity contribution in [1.82, 2.24) is 10.2 Å². The predicted molar refractivity (Wildman–Crippen MR) is 63.9 cm³/mol. The van der Waals surface area contributed by atoms with Crippen LogP contribution < -0.4 is 5.32 Å². The van der Waals surface area contributed by atoms with Gasteiger partial charge in [-0.05, 0) is 37.7 Å². The number of nitriles is 1. The predicted octanol–water partition coefficient (Wildman–Crippen LogP) is 1.35. The summed E-state index contributed by atoms with van der Waals surface area (Å²) in [7, 11) is 2.16. The number of nitrogens with one attached hydrogen (secondary N) is 1. The van der Waals surface area contributed by atoms with E-state index in [0.717, 1.165) is 25.2 Å². The molecule has 0 spiro atoms. The molecule has 1 saturated heterocycles. The highest BCUT2D eigenvalue weighted by atomic mass is 15.2. The molecule has 1 aromatic rings. The Morgan fingerprint density at radius 1 is 1.44 bits per heavy atom. The molecule has 1 heterocycles. The van der Waals surface area contributed by atoms with Crippen LogP contribution in [0.3, 0.4) is 0 Å². The molecule has 0 amide bonds. The normalized spacial score (nSPS) is 19.9. The summed E-state index contributed by atoms with van der Waals surface area (Å²) in [4.78, 5) is 2.38. The standard InChI is InChI=1S/C13H17N3/c1-16(13-6-7-15-9-13)10-12-4-2-11(8-14)3-5-12/h2-5,13,15H,6-7,9-10H2,1H3. The lowest BCUT2D eigenvalue weighted by Gasteiger charge is -2.23. The lowest BCUT2D eigenvalue weighted by atomic mass is 10.1. The third kappa shape index (κ3) is 2.60. The summed E-state index contributed by atoms with van der Waals surface area (Å²) in [6, 6.07) is 10.6. The van der Waals surface area contributed by atoms with E-state index in [9.17, 15) is 0 Å². The van der Waals surface area contributed by atoms with Gasteiger partial charge in [0.05, 0.1) is 11.6 Å². The summed E-state index contributed by atoms with van der Waals surface area (Å²) in [5, 5.41) is 12.1. The molecule has 84 valence electrons. The molecule has 3 nitrogen and oxygen atoms in total. The first-order valence-electron chi connectivity index (χ1n) is 5.69. The topological polar surface area (TPSA) is 39.1 Å². The van der Waals surface area contributed by atoms with Crippen LogP contribution in [0.4, 0.5) is 0 Å². The minimum absolute atomic E-state index is 0.649. The lowest BCUT2D eigenvalue weighted by Crippen LogP contribution is -2.32. The SMILES string of the molecule is CN(Cc1ccc(C#N)cc1)C1CCNC1. The minimum atomic E-state index is 0.649. The first kappa shape index (κ1) is 11.1. The number of rotatable bonds is 3. The van der Waals surface area contributed by atoms with Gasteiger partial charge in [0.2, 0.25) is 0 Å². The monoisotopic (exact) mass is 215 g/mol. The Morgan fingerprint density at radius 2 is 2.19 bits per heavy atom. The zero-order valence-corrected chi connectivity index (χ0v) is 9.61. The Bertz CT molecular complexity index is 371. The minimum Gasteiger partial charge on any atom is -0.315 e. The molecule has 1 aromatic carbocycles. The van der Waals surface area contributed by atoms with Crippen molar-refractivity contribution < 1.29 is 0 Å². The molecule has 1 atom stereocenters. The summed E-state index contributed by atoms with van der Waals surface area (Å²) in [6.07, 6.45) is 1.23. The third-order valence-electron chi connectivity index (χ3n) is 3.17. The van der Waals surface area contributed by atoms with E-state index in [1.165, 1.54) is 12.0 Å². The molecule has 2 rings (SSSR count). The molecule has 1 aliphatic heterocycles. The van der Waals surface area contributed by atoms with Crippen LogP contribution in [0.25, 0.3) is 0 Å². The van der Waals surface area contributed by atoms with Crippen LogP contribution in [0, 0.1) is 11.3 Å². The number of nitrogens with zero attached hydrogens (tertiary/aromatic N) is 2. The second-order valence-corrected chi connectivity index (χ2v) is 4.37. The van der Waals surface area contributed by atoms with Crippen LogP contribution in [0.5, 0.6) is 0 Å². The molecule has 1 unspecified atom stereocenters. The Kier molecular flexibility index (Phi) is 3.55. The van der Waals surface area contributed by atoms with Gasteiger partial charge >= 0.3 is 0 Å². The fourth-order valence-electron chi connectivity index (χ4n) is 2.12. The molecule has 0 aromatic heterocycles. The van der Waals surface area contributed by atoms with E-state index in [2.05, 4.69) is 23.3 Å². The van der Waals surface area contributed by atoms with E-state index < -0.39 is 0 Å². The van der Waals surface area contributed by atoms with Crippen molar-refractivity contribution in [3.63, 3.8) is 0 Å². The molecule has 1 aliphatic rings. The Morgan fingerprint density at radius 3 is 2.75 bits per heavy atom. The van der Waals surface area contributed by atoms with Crippen molar-refractivity contribution in [1.29, 1.82) is 5.26 Å². The zero-order chi connectivity index (χ0) is 11.4. The van der Waals surface area contributed by atoms with E-state index >= 15 is 0 Å². The van der Waals surface area contributed by atoms with Crippen LogP contribution in [0.1, 0.15) is 17.5 Å². The smallest absolute Gasteiger partial charge is 0.0991 e. The lowest BCUT2D eigenvalue weighted by molar-refractivity contribution is 0.249. The van der Waals surface area contributed by atoms with Crippen molar-refractivity contribution in [3.8, 4) is 6.07 Å². The molecular weight excluding hydrogens is 198 g/mol. The quantitative estimate of drug-likeness (QED) is 0.827. The van der Waals surface area contributed by atoms with Crippen molar-refractivity contribution in [3.05, 3.63) is 35.4 Å². The maximum absolute atomic E-state index is 8.71. The largest absolute Gasteiger partial charge is 0.315 e. The van der Waals surface area contributed by atoms with Gasteiger partial charge in [-0.2, -0.15) is 5.26 Å². The Hall–Kier alpha value is -1.37. The maximum atomic E-state index is 8.71. The average molecular weight is 215 g/mol. The molecule has 0 saturated carbocycles. The van der Waals surface area contributed by atoms with Gasteiger partial charge in [0.1, 0.15) is 0 Å². The third-order valence-corrected chi connectivity index (χ3v) is 3.17. The zero-order valence-electron chi connectivity index (χ0n) is 9.61. The molecule has 0 bridgehead atoms. The molecule has 16 heavy (non-hydrogen) atoms. The summed E-state index contributed by atoms with van der Waals surface area (Å²) >= 11 is 0. The van der Waals surface area contributed by atoms with Gasteiger partial charge in [0.25, 0.3) is 0 Å². The molecular formula is C13H17N3. The first-order chi connectivity index (χ1) is 7.79. The number of benzene rings is 1. The van der Waals surface area contributed by atoms with E-state index in [-0.39, 0.29) is 0 Å². The van der Waals surface area contributed by atoms with E-state index in [4.69, 9.17) is 5.26 Å². The molecule has 0 radical (unpaired) electrons.